The van der Waals surface area contributed by atoms with Crippen molar-refractivity contribution >= 4 is 33.4 Å². The average Bonchev–Trinajstić information content (AvgIpc) is 3.52. The molecule has 0 saturated heterocycles. The van der Waals surface area contributed by atoms with Crippen molar-refractivity contribution in [1.82, 2.24) is 10.3 Å². The number of nitrogens with one attached hydrogen (secondary N) is 1. The van der Waals surface area contributed by atoms with Crippen LogP contribution in [-0.4, -0.2) is 36.6 Å². The Hall–Kier alpha value is -2.61. The Labute approximate surface area is 171 Å². The number of rotatable bonds is 7. The minimum atomic E-state index is -0.252. The molecule has 1 fully saturated rings. The number of aromatic nitrogens is 1. The lowest BCUT2D eigenvalue weighted by atomic mass is 10.2. The maximum atomic E-state index is 12.4. The second-order valence-corrected chi connectivity index (χ2v) is 7.83. The molecule has 7 nitrogen and oxygen atoms in total. The van der Waals surface area contributed by atoms with Gasteiger partial charge < -0.3 is 14.8 Å². The predicted octanol–water partition coefficient (Wildman–Crippen LogP) is 2.67. The number of hydrogen-bond donors (Lipinski definition) is 1. The third kappa shape index (κ3) is 4.62. The third-order valence-electron chi connectivity index (χ3n) is 4.62. The number of fused-ring (bicyclic) bond motifs is 1. The summed E-state index contributed by atoms with van der Waals surface area (Å²) in [5.74, 6) is 1.35. The lowest BCUT2D eigenvalue weighted by molar-refractivity contribution is -0.125. The summed E-state index contributed by atoms with van der Waals surface area (Å²) in [4.78, 5) is 30.2. The summed E-state index contributed by atoms with van der Waals surface area (Å²) < 4.78 is 11.9. The van der Waals surface area contributed by atoms with E-state index in [1.165, 1.54) is 17.7 Å². The van der Waals surface area contributed by atoms with Crippen molar-refractivity contribution in [3.63, 3.8) is 0 Å². The van der Waals surface area contributed by atoms with Crippen LogP contribution in [0.15, 0.2) is 41.0 Å². The van der Waals surface area contributed by atoms with Crippen LogP contribution in [0.1, 0.15) is 18.4 Å². The van der Waals surface area contributed by atoms with E-state index in [0.29, 0.717) is 36.4 Å². The van der Waals surface area contributed by atoms with Gasteiger partial charge in [0.15, 0.2) is 6.61 Å². The zero-order valence-electron chi connectivity index (χ0n) is 15.2. The first-order valence-electron chi connectivity index (χ1n) is 9.15. The average molecular weight is 446 g/mol. The zero-order chi connectivity index (χ0) is 19.5. The van der Waals surface area contributed by atoms with Crippen molar-refractivity contribution in [2.24, 2.45) is 5.92 Å². The van der Waals surface area contributed by atoms with E-state index in [9.17, 15) is 9.59 Å². The fourth-order valence-corrected chi connectivity index (χ4v) is 3.18. The topological polar surface area (TPSA) is 80.8 Å². The molecule has 2 heterocycles. The molecule has 0 bridgehead atoms. The van der Waals surface area contributed by atoms with Gasteiger partial charge in [0.05, 0.1) is 12.3 Å². The summed E-state index contributed by atoms with van der Waals surface area (Å²) in [5.41, 5.74) is 1.46. The Kier molecular flexibility index (Phi) is 5.47. The summed E-state index contributed by atoms with van der Waals surface area (Å²) in [7, 11) is 0. The van der Waals surface area contributed by atoms with Crippen LogP contribution in [0, 0.1) is 5.92 Å². The highest BCUT2D eigenvalue weighted by Gasteiger charge is 2.27. The van der Waals surface area contributed by atoms with Crippen molar-refractivity contribution in [1.29, 1.82) is 0 Å². The Bertz CT molecular complexity index is 884. The number of carbonyl (C=O) groups excluding carboxylic acids is 2. The van der Waals surface area contributed by atoms with Crippen LogP contribution in [0.25, 0.3) is 0 Å². The van der Waals surface area contributed by atoms with Gasteiger partial charge in [-0.15, -0.1) is 0 Å². The van der Waals surface area contributed by atoms with E-state index < -0.39 is 0 Å². The summed E-state index contributed by atoms with van der Waals surface area (Å²) in [6.07, 6.45) is 4.16. The molecule has 1 aromatic heterocycles. The van der Waals surface area contributed by atoms with Crippen molar-refractivity contribution < 1.29 is 19.1 Å². The molecule has 2 amide bonds. The van der Waals surface area contributed by atoms with Crippen LogP contribution in [0.5, 0.6) is 11.6 Å². The molecule has 0 radical (unpaired) electrons. The Balaban J connectivity index is 1.31. The molecule has 146 valence electrons. The summed E-state index contributed by atoms with van der Waals surface area (Å²) >= 11 is 3.37. The number of carbonyl (C=O) groups is 2. The standard InChI is InChI=1S/C20H20BrN3O4/c21-15-4-5-16-17(7-15)27-12-20(26)24(16)10-18(25)22-8-14-3-6-19(23-9-14)28-11-13-1-2-13/h3-7,9,13H,1-2,8,10-12H2,(H,22,25). The van der Waals surface area contributed by atoms with Crippen LogP contribution in [0.2, 0.25) is 0 Å². The van der Waals surface area contributed by atoms with Crippen LogP contribution < -0.4 is 19.7 Å². The van der Waals surface area contributed by atoms with Gasteiger partial charge in [0.2, 0.25) is 11.8 Å². The normalized spacial score (nSPS) is 15.6. The summed E-state index contributed by atoms with van der Waals surface area (Å²) in [6.45, 7) is 0.908. The van der Waals surface area contributed by atoms with Crippen LogP contribution in [0.3, 0.4) is 0 Å². The van der Waals surface area contributed by atoms with E-state index in [1.807, 2.05) is 18.2 Å². The Morgan fingerprint density at radius 2 is 2.18 bits per heavy atom. The fourth-order valence-electron chi connectivity index (χ4n) is 2.84. The monoisotopic (exact) mass is 445 g/mol. The van der Waals surface area contributed by atoms with Gasteiger partial charge in [-0.3, -0.25) is 14.5 Å². The first-order chi connectivity index (χ1) is 13.6. The Morgan fingerprint density at radius 1 is 1.32 bits per heavy atom. The molecule has 1 aliphatic heterocycles. The number of benzene rings is 1. The van der Waals surface area contributed by atoms with E-state index in [2.05, 4.69) is 26.2 Å². The number of pyridine rings is 1. The quantitative estimate of drug-likeness (QED) is 0.708. The maximum Gasteiger partial charge on any atom is 0.265 e. The zero-order valence-corrected chi connectivity index (χ0v) is 16.8. The fraction of sp³-hybridized carbons (Fsp3) is 0.350. The molecular weight excluding hydrogens is 426 g/mol. The first-order valence-corrected chi connectivity index (χ1v) is 9.95. The van der Waals surface area contributed by atoms with Crippen LogP contribution >= 0.6 is 15.9 Å². The molecule has 2 aliphatic rings. The number of anilines is 1. The van der Waals surface area contributed by atoms with Gasteiger partial charge in [-0.2, -0.15) is 0 Å². The lowest BCUT2D eigenvalue weighted by Gasteiger charge is -2.29. The molecule has 0 atom stereocenters. The van der Waals surface area contributed by atoms with E-state index in [0.717, 1.165) is 10.0 Å². The number of halogens is 1. The van der Waals surface area contributed by atoms with Crippen molar-refractivity contribution in [3.05, 3.63) is 46.6 Å². The van der Waals surface area contributed by atoms with Crippen molar-refractivity contribution in [2.75, 3.05) is 24.7 Å². The maximum absolute atomic E-state index is 12.4. The van der Waals surface area contributed by atoms with Gasteiger partial charge in [-0.05, 0) is 42.5 Å². The number of hydrogen-bond acceptors (Lipinski definition) is 5. The van der Waals surface area contributed by atoms with Crippen molar-refractivity contribution in [3.8, 4) is 11.6 Å². The molecule has 8 heteroatoms. The smallest absolute Gasteiger partial charge is 0.265 e. The summed E-state index contributed by atoms with van der Waals surface area (Å²) in [6, 6.07) is 9.04. The van der Waals surface area contributed by atoms with Gasteiger partial charge in [0.1, 0.15) is 12.3 Å². The highest BCUT2D eigenvalue weighted by atomic mass is 79.9. The minimum absolute atomic E-state index is 0.0627. The summed E-state index contributed by atoms with van der Waals surface area (Å²) in [5, 5.41) is 2.82. The predicted molar refractivity (Wildman–Crippen MR) is 106 cm³/mol. The van der Waals surface area contributed by atoms with E-state index >= 15 is 0 Å². The van der Waals surface area contributed by atoms with Gasteiger partial charge in [-0.25, -0.2) is 4.98 Å². The highest BCUT2D eigenvalue weighted by molar-refractivity contribution is 9.10. The third-order valence-corrected chi connectivity index (χ3v) is 5.11. The molecule has 0 spiro atoms. The van der Waals surface area contributed by atoms with Crippen LogP contribution in [0.4, 0.5) is 5.69 Å². The molecule has 1 aromatic carbocycles. The second-order valence-electron chi connectivity index (χ2n) is 6.92. The number of nitrogens with zero attached hydrogens (tertiary/aromatic N) is 2. The second kappa shape index (κ2) is 8.18. The number of amides is 2. The molecule has 28 heavy (non-hydrogen) atoms. The highest BCUT2D eigenvalue weighted by Crippen LogP contribution is 2.34. The van der Waals surface area contributed by atoms with Gasteiger partial charge in [0.25, 0.3) is 5.91 Å². The molecule has 0 unspecified atom stereocenters. The first kappa shape index (κ1) is 18.7. The molecule has 1 aliphatic carbocycles. The molecule has 4 rings (SSSR count). The number of ether oxygens (including phenoxy) is 2. The van der Waals surface area contributed by atoms with Crippen LogP contribution in [-0.2, 0) is 16.1 Å². The minimum Gasteiger partial charge on any atom is -0.482 e. The van der Waals surface area contributed by atoms with Crippen molar-refractivity contribution in [2.45, 2.75) is 19.4 Å². The van der Waals surface area contributed by atoms with Gasteiger partial charge in [-0.1, -0.05) is 22.0 Å². The molecule has 2 aromatic rings. The lowest BCUT2D eigenvalue weighted by Crippen LogP contribution is -2.45. The van der Waals surface area contributed by atoms with E-state index in [-0.39, 0.29) is 25.0 Å². The Morgan fingerprint density at radius 3 is 2.93 bits per heavy atom. The molecule has 1 saturated carbocycles. The molecule has 1 N–H and O–H groups in total. The molecular formula is C20H20BrN3O4. The van der Waals surface area contributed by atoms with Gasteiger partial charge >= 0.3 is 0 Å². The van der Waals surface area contributed by atoms with E-state index in [1.54, 1.807) is 18.3 Å². The SMILES string of the molecule is O=C(CN1C(=O)COc2cc(Br)ccc21)NCc1ccc(OCC2CC2)nc1. The van der Waals surface area contributed by atoms with Gasteiger partial charge in [0, 0.05) is 23.3 Å². The van der Waals surface area contributed by atoms with E-state index in [4.69, 9.17) is 9.47 Å². The largest absolute Gasteiger partial charge is 0.482 e.